The van der Waals surface area contributed by atoms with Crippen LogP contribution in [0.5, 0.6) is 0 Å². The van der Waals surface area contributed by atoms with Gasteiger partial charge in [0.25, 0.3) is 0 Å². The summed E-state index contributed by atoms with van der Waals surface area (Å²) in [6.07, 6.45) is 2.05. The molecule has 1 aromatic heterocycles. The summed E-state index contributed by atoms with van der Waals surface area (Å²) in [5.74, 6) is 3.31. The number of halogens is 1. The van der Waals surface area contributed by atoms with Gasteiger partial charge in [-0.15, -0.1) is 0 Å². The minimum absolute atomic E-state index is 0.297. The lowest BCUT2D eigenvalue weighted by molar-refractivity contribution is -0.124. The summed E-state index contributed by atoms with van der Waals surface area (Å²) in [6.45, 7) is -0.927. The van der Waals surface area contributed by atoms with Crippen LogP contribution in [0.2, 0.25) is 0 Å². The fourth-order valence-electron chi connectivity index (χ4n) is 6.30. The highest BCUT2D eigenvalue weighted by molar-refractivity contribution is 5.35. The number of hydrogen-bond donors (Lipinski definition) is 3. The fourth-order valence-corrected chi connectivity index (χ4v) is 6.30. The van der Waals surface area contributed by atoms with E-state index in [9.17, 15) is 19.4 Å². The number of aromatic nitrogens is 2. The zero-order chi connectivity index (χ0) is 21.0. The van der Waals surface area contributed by atoms with Gasteiger partial charge in [0.2, 0.25) is 5.72 Å². The molecule has 1 aliphatic heterocycles. The zero-order valence-electron chi connectivity index (χ0n) is 16.3. The van der Waals surface area contributed by atoms with Gasteiger partial charge in [0.15, 0.2) is 12.4 Å². The molecule has 6 rings (SSSR count). The summed E-state index contributed by atoms with van der Waals surface area (Å²) in [7, 11) is 0. The second-order valence-electron chi connectivity index (χ2n) is 9.19. The van der Waals surface area contributed by atoms with Crippen LogP contribution in [0.1, 0.15) is 38.3 Å². The zero-order valence-corrected chi connectivity index (χ0v) is 16.3. The molecule has 11 heteroatoms. The van der Waals surface area contributed by atoms with Gasteiger partial charge < -0.3 is 20.3 Å². The highest BCUT2D eigenvalue weighted by Gasteiger charge is 2.56. The first-order chi connectivity index (χ1) is 14.4. The quantitative estimate of drug-likeness (QED) is 0.375. The highest BCUT2D eigenvalue weighted by Crippen LogP contribution is 2.54. The van der Waals surface area contributed by atoms with Gasteiger partial charge in [-0.05, 0) is 67.4 Å². The van der Waals surface area contributed by atoms with Gasteiger partial charge in [0, 0.05) is 17.2 Å². The van der Waals surface area contributed by atoms with Crippen LogP contribution in [0.3, 0.4) is 0 Å². The summed E-state index contributed by atoms with van der Waals surface area (Å²) >= 11 is 0. The number of nitrogens with zero attached hydrogens (tertiary/aromatic N) is 5. The smallest absolute Gasteiger partial charge is 0.351 e. The van der Waals surface area contributed by atoms with Crippen LogP contribution in [0.15, 0.2) is 22.2 Å². The van der Waals surface area contributed by atoms with E-state index in [0.29, 0.717) is 23.7 Å². The molecule has 1 saturated heterocycles. The molecule has 0 amide bonds. The highest BCUT2D eigenvalue weighted by atomic mass is 19.1. The third-order valence-electron chi connectivity index (χ3n) is 7.45. The molecule has 0 spiro atoms. The van der Waals surface area contributed by atoms with Crippen molar-refractivity contribution < 1.29 is 19.3 Å². The van der Waals surface area contributed by atoms with Crippen molar-refractivity contribution in [3.05, 3.63) is 33.2 Å². The molecule has 5 fully saturated rings. The number of azide groups is 1. The topological polar surface area (TPSA) is 145 Å². The average Bonchev–Trinajstić information content (AvgIpc) is 2.96. The summed E-state index contributed by atoms with van der Waals surface area (Å²) in [6, 6.07) is 1.88. The maximum Gasteiger partial charge on any atom is 0.351 e. The van der Waals surface area contributed by atoms with E-state index in [0.717, 1.165) is 16.4 Å². The maximum atomic E-state index is 14.6. The average molecular weight is 420 g/mol. The van der Waals surface area contributed by atoms with Gasteiger partial charge in [0.1, 0.15) is 11.9 Å². The van der Waals surface area contributed by atoms with Crippen molar-refractivity contribution in [1.82, 2.24) is 9.55 Å². The minimum Gasteiger partial charge on any atom is -0.393 e. The molecule has 30 heavy (non-hydrogen) atoms. The van der Waals surface area contributed by atoms with Gasteiger partial charge in [-0.3, -0.25) is 4.57 Å². The standard InChI is InChI=1S/C19H25FN6O4/c20-14-16(28)19(8-27,24-25-21)30-17(14)26-2-1-13(23-18(26)29)22-15-11-4-9-3-10(6-11)7-12(15)5-9/h1-2,9-12,14-17,27-28H,3-8H2,(H,22,23,29)/t9?,10?,11?,12?,14-,15?,16-,17+,19+/m0/s1. The normalized spacial score (nSPS) is 44.1. The third-order valence-corrected chi connectivity index (χ3v) is 7.45. The fraction of sp³-hybridized carbons (Fsp3) is 0.789. The van der Waals surface area contributed by atoms with Crippen molar-refractivity contribution in [3.8, 4) is 0 Å². The molecule has 0 aromatic carbocycles. The summed E-state index contributed by atoms with van der Waals surface area (Å²) in [5, 5.41) is 26.2. The van der Waals surface area contributed by atoms with E-state index in [1.165, 1.54) is 38.3 Å². The summed E-state index contributed by atoms with van der Waals surface area (Å²) in [4.78, 5) is 19.2. The van der Waals surface area contributed by atoms with Crippen molar-refractivity contribution in [3.63, 3.8) is 0 Å². The van der Waals surface area contributed by atoms with Crippen molar-refractivity contribution in [2.45, 2.75) is 62.4 Å². The minimum atomic E-state index is -2.18. The Hall–Kier alpha value is -2.20. The number of rotatable bonds is 5. The number of ether oxygens (including phenoxy) is 1. The van der Waals surface area contributed by atoms with Crippen molar-refractivity contribution in [2.75, 3.05) is 11.9 Å². The lowest BCUT2D eigenvalue weighted by Gasteiger charge is -2.54. The SMILES string of the molecule is [N-]=[N+]=N[C@]1(CO)O[C@@H](n2ccc(NC3C4CC5CC(C4)CC3C5)nc2=O)[C@@H](F)[C@@H]1O. The largest absolute Gasteiger partial charge is 0.393 e. The van der Waals surface area contributed by atoms with Gasteiger partial charge in [-0.2, -0.15) is 4.98 Å². The Bertz CT molecular complexity index is 908. The summed E-state index contributed by atoms with van der Waals surface area (Å²) < 4.78 is 20.9. The lowest BCUT2D eigenvalue weighted by Crippen LogP contribution is -2.51. The first-order valence-electron chi connectivity index (χ1n) is 10.5. The first-order valence-corrected chi connectivity index (χ1v) is 10.5. The van der Waals surface area contributed by atoms with Gasteiger partial charge in [0.05, 0.1) is 6.61 Å². The van der Waals surface area contributed by atoms with Crippen LogP contribution in [0, 0.1) is 23.7 Å². The number of aliphatic hydroxyl groups is 2. The molecule has 3 N–H and O–H groups in total. The van der Waals surface area contributed by atoms with Crippen LogP contribution in [0.4, 0.5) is 10.2 Å². The molecule has 4 atom stereocenters. The Morgan fingerprint density at radius 2 is 2.00 bits per heavy atom. The van der Waals surface area contributed by atoms with E-state index in [1.807, 2.05) is 0 Å². The van der Waals surface area contributed by atoms with Crippen LogP contribution < -0.4 is 11.0 Å². The van der Waals surface area contributed by atoms with Crippen molar-refractivity contribution in [1.29, 1.82) is 0 Å². The Balaban J connectivity index is 1.36. The Labute approximate surface area is 171 Å². The van der Waals surface area contributed by atoms with Crippen molar-refractivity contribution in [2.24, 2.45) is 28.8 Å². The molecular weight excluding hydrogens is 395 g/mol. The van der Waals surface area contributed by atoms with E-state index in [4.69, 9.17) is 10.3 Å². The van der Waals surface area contributed by atoms with Crippen LogP contribution in [-0.4, -0.2) is 50.4 Å². The second-order valence-corrected chi connectivity index (χ2v) is 9.19. The van der Waals surface area contributed by atoms with E-state index < -0.39 is 36.5 Å². The maximum absolute atomic E-state index is 14.6. The Kier molecular flexibility index (Phi) is 4.73. The van der Waals surface area contributed by atoms with Crippen LogP contribution >= 0.6 is 0 Å². The lowest BCUT2D eigenvalue weighted by atomic mass is 9.54. The molecule has 4 bridgehead atoms. The predicted octanol–water partition coefficient (Wildman–Crippen LogP) is 1.71. The summed E-state index contributed by atoms with van der Waals surface area (Å²) in [5.41, 5.74) is 5.73. The predicted molar refractivity (Wildman–Crippen MR) is 103 cm³/mol. The number of nitrogens with one attached hydrogen (secondary N) is 1. The van der Waals surface area contributed by atoms with E-state index in [1.54, 1.807) is 6.07 Å². The number of aliphatic hydroxyl groups excluding tert-OH is 2. The number of alkyl halides is 1. The first kappa shape index (κ1) is 19.7. The molecule has 0 radical (unpaired) electrons. The molecule has 10 nitrogen and oxygen atoms in total. The number of anilines is 1. The molecule has 4 aliphatic carbocycles. The molecule has 5 aliphatic rings. The van der Waals surface area contributed by atoms with Gasteiger partial charge in [-0.1, -0.05) is 5.11 Å². The molecule has 0 unspecified atom stereocenters. The molecule has 2 heterocycles. The molecule has 4 saturated carbocycles. The van der Waals surface area contributed by atoms with Gasteiger partial charge in [-0.25, -0.2) is 9.18 Å². The Morgan fingerprint density at radius 1 is 1.33 bits per heavy atom. The van der Waals surface area contributed by atoms with E-state index in [-0.39, 0.29) is 0 Å². The molecule has 1 aromatic rings. The van der Waals surface area contributed by atoms with Crippen molar-refractivity contribution >= 4 is 5.82 Å². The van der Waals surface area contributed by atoms with E-state index >= 15 is 0 Å². The van der Waals surface area contributed by atoms with E-state index in [2.05, 4.69) is 20.3 Å². The Morgan fingerprint density at radius 3 is 2.57 bits per heavy atom. The van der Waals surface area contributed by atoms with Crippen LogP contribution in [0.25, 0.3) is 10.4 Å². The molecule has 162 valence electrons. The van der Waals surface area contributed by atoms with Crippen LogP contribution in [-0.2, 0) is 4.74 Å². The third kappa shape index (κ3) is 2.99. The second kappa shape index (κ2) is 7.19. The molecular formula is C19H25FN6O4. The monoisotopic (exact) mass is 420 g/mol. The number of hydrogen-bond acceptors (Lipinski definition) is 7. The van der Waals surface area contributed by atoms with Gasteiger partial charge >= 0.3 is 5.69 Å².